The number of allylic oxidation sites excluding steroid dienone is 1. The maximum absolute atomic E-state index is 14.3. The number of nitrogens with one attached hydrogen (secondary N) is 2. The lowest BCUT2D eigenvalue weighted by Gasteiger charge is -2.40. The van der Waals surface area contributed by atoms with E-state index < -0.39 is 62.1 Å². The van der Waals surface area contributed by atoms with E-state index in [2.05, 4.69) is 25.0 Å². The minimum atomic E-state index is -4.67. The highest BCUT2D eigenvalue weighted by atomic mass is 32.2. The summed E-state index contributed by atoms with van der Waals surface area (Å²) in [6.45, 7) is 2.11. The molecule has 2 aliphatic carbocycles. The van der Waals surface area contributed by atoms with Gasteiger partial charge in [-0.3, -0.25) is 14.3 Å². The number of rotatable bonds is 8. The number of nitrogens with zero attached hydrogens (tertiary/aromatic N) is 5. The predicted octanol–water partition coefficient (Wildman–Crippen LogP) is 5.23. The Morgan fingerprint density at radius 3 is 2.62 bits per heavy atom. The van der Waals surface area contributed by atoms with E-state index in [1.54, 1.807) is 30.3 Å². The summed E-state index contributed by atoms with van der Waals surface area (Å²) in [5.41, 5.74) is -2.31. The number of carbonyl (C=O) groups is 3. The Hall–Kier alpha value is -4.30. The molecule has 5 heterocycles. The van der Waals surface area contributed by atoms with Crippen molar-refractivity contribution in [1.29, 1.82) is 0 Å². The van der Waals surface area contributed by atoms with E-state index >= 15 is 0 Å². The Morgan fingerprint density at radius 2 is 1.91 bits per heavy atom. The molecular formula is C35H40F3N7O7S3. The van der Waals surface area contributed by atoms with Crippen LogP contribution in [0.4, 0.5) is 18.0 Å². The lowest BCUT2D eigenvalue weighted by Crippen LogP contribution is -2.61. The zero-order valence-electron chi connectivity index (χ0n) is 30.2. The van der Waals surface area contributed by atoms with Gasteiger partial charge < -0.3 is 24.6 Å². The Balaban J connectivity index is 1.19. The summed E-state index contributed by atoms with van der Waals surface area (Å²) in [5.74, 6) is -1.56. The van der Waals surface area contributed by atoms with E-state index in [4.69, 9.17) is 9.47 Å². The molecule has 3 fully saturated rings. The quantitative estimate of drug-likeness (QED) is 0.287. The molecule has 55 heavy (non-hydrogen) atoms. The molecule has 4 atom stereocenters. The van der Waals surface area contributed by atoms with Crippen molar-refractivity contribution >= 4 is 50.5 Å². The van der Waals surface area contributed by atoms with Crippen molar-refractivity contribution < 1.29 is 45.4 Å². The molecule has 4 aliphatic rings. The number of carbonyl (C=O) groups excluding carboxylic acids is 3. The van der Waals surface area contributed by atoms with Crippen LogP contribution in [-0.2, 0) is 25.8 Å². The third kappa shape index (κ3) is 7.89. The van der Waals surface area contributed by atoms with Crippen LogP contribution in [0.1, 0.15) is 64.0 Å². The van der Waals surface area contributed by atoms with E-state index in [1.165, 1.54) is 29.4 Å². The number of sulfonamides is 1. The number of hydrogen-bond acceptors (Lipinski definition) is 12. The van der Waals surface area contributed by atoms with Crippen LogP contribution in [0.5, 0.6) is 11.6 Å². The van der Waals surface area contributed by atoms with Crippen molar-refractivity contribution in [3.8, 4) is 33.0 Å². The second-order valence-electron chi connectivity index (χ2n) is 14.5. The Kier molecular flexibility index (Phi) is 10.4. The fourth-order valence-corrected chi connectivity index (χ4v) is 9.68. The molecule has 296 valence electrons. The highest BCUT2D eigenvalue weighted by Crippen LogP contribution is 2.47. The van der Waals surface area contributed by atoms with E-state index in [9.17, 15) is 36.0 Å². The van der Waals surface area contributed by atoms with Crippen LogP contribution < -0.4 is 19.5 Å². The normalized spacial score (nSPS) is 26.2. The maximum atomic E-state index is 14.3. The maximum Gasteiger partial charge on any atom is 0.434 e. The summed E-state index contributed by atoms with van der Waals surface area (Å²) >= 11 is 2.02. The van der Waals surface area contributed by atoms with Gasteiger partial charge in [-0.15, -0.1) is 22.7 Å². The van der Waals surface area contributed by atoms with Gasteiger partial charge in [0, 0.05) is 50.3 Å². The van der Waals surface area contributed by atoms with Crippen LogP contribution in [0.3, 0.4) is 0 Å². The zero-order valence-corrected chi connectivity index (χ0v) is 32.7. The average molecular weight is 824 g/mol. The SMILES string of the molecule is COc1ccsc1-c1cc(OC2CCN3C(=O)N(C)CCCC/C=C/[C@@H]4C[C@@]4(C(=O)NS(=O)(=O)C4(C)CC4)NC(=O)C3C2)nc(-c2nc(C(F)(F)F)cs2)n1. The van der Waals surface area contributed by atoms with Gasteiger partial charge in [0.1, 0.15) is 23.4 Å². The van der Waals surface area contributed by atoms with Crippen molar-refractivity contribution in [3.05, 3.63) is 40.7 Å². The smallest absolute Gasteiger partial charge is 0.434 e. The van der Waals surface area contributed by atoms with Crippen molar-refractivity contribution in [2.24, 2.45) is 5.92 Å². The van der Waals surface area contributed by atoms with E-state index in [0.717, 1.165) is 23.1 Å². The number of hydrogen-bond donors (Lipinski definition) is 2. The standard InChI is InChI=1S/C35H40F3N7O7S3/c1-33(11-12-33)55(49,50)43-31(47)34-18-20(34)8-6-4-5-7-13-44(2)32(48)45-14-9-21(16-23(45)29(46)42-34)52-26-17-22(27-24(51-3)10-15-53-27)39-28(41-26)30-40-25(19-54-30)35(36,37)38/h6,8,10,15,17,19-21,23H,4-5,7,9,11-14,16,18H2,1-3H3,(H,42,46)(H,43,47)/b8-6+/t20-,21?,23?,34-/m1/s1. The van der Waals surface area contributed by atoms with Crippen LogP contribution in [0.25, 0.3) is 21.4 Å². The fraction of sp³-hybridized carbons (Fsp3) is 0.543. The number of aromatic nitrogens is 3. The molecule has 2 aliphatic heterocycles. The number of fused-ring (bicyclic) bond motifs is 2. The number of urea groups is 1. The molecule has 20 heteroatoms. The molecule has 0 aromatic carbocycles. The topological polar surface area (TPSA) is 173 Å². The summed E-state index contributed by atoms with van der Waals surface area (Å²) in [6.07, 6.45) is 1.77. The number of piperidine rings is 1. The number of halogens is 3. The van der Waals surface area contributed by atoms with E-state index in [-0.39, 0.29) is 48.6 Å². The second-order valence-corrected chi connectivity index (χ2v) is 18.5. The van der Waals surface area contributed by atoms with Crippen molar-refractivity contribution in [2.45, 2.75) is 86.9 Å². The number of alkyl halides is 3. The Bertz CT molecular complexity index is 2120. The van der Waals surface area contributed by atoms with Gasteiger partial charge in [0.2, 0.25) is 21.8 Å². The molecule has 2 unspecified atom stereocenters. The minimum absolute atomic E-state index is 0.00410. The number of methoxy groups -OCH3 is 1. The molecule has 2 N–H and O–H groups in total. The molecule has 0 radical (unpaired) electrons. The van der Waals surface area contributed by atoms with Gasteiger partial charge in [-0.05, 0) is 56.9 Å². The first kappa shape index (κ1) is 39.0. The Labute approximate surface area is 323 Å². The van der Waals surface area contributed by atoms with Gasteiger partial charge in [-0.2, -0.15) is 18.2 Å². The van der Waals surface area contributed by atoms with Crippen LogP contribution in [-0.4, -0.2) is 101 Å². The molecule has 2 saturated carbocycles. The zero-order chi connectivity index (χ0) is 39.3. The van der Waals surface area contributed by atoms with Crippen molar-refractivity contribution in [2.75, 3.05) is 27.2 Å². The lowest BCUT2D eigenvalue weighted by molar-refractivity contribution is -0.140. The molecule has 0 spiro atoms. The number of amides is 4. The van der Waals surface area contributed by atoms with Gasteiger partial charge in [-0.1, -0.05) is 12.2 Å². The summed E-state index contributed by atoms with van der Waals surface area (Å²) in [4.78, 5) is 58.1. The van der Waals surface area contributed by atoms with Gasteiger partial charge in [0.05, 0.1) is 22.4 Å². The number of thiazole rings is 1. The number of ether oxygens (including phenoxy) is 2. The van der Waals surface area contributed by atoms with Gasteiger partial charge in [-0.25, -0.2) is 23.2 Å². The molecule has 1 saturated heterocycles. The summed E-state index contributed by atoms with van der Waals surface area (Å²) in [7, 11) is -0.874. The van der Waals surface area contributed by atoms with Crippen LogP contribution in [0.15, 0.2) is 35.0 Å². The van der Waals surface area contributed by atoms with Crippen LogP contribution >= 0.6 is 22.7 Å². The molecule has 7 rings (SSSR count). The van der Waals surface area contributed by atoms with Gasteiger partial charge in [0.15, 0.2) is 16.5 Å². The van der Waals surface area contributed by atoms with E-state index in [1.807, 2.05) is 12.2 Å². The minimum Gasteiger partial charge on any atom is -0.495 e. The van der Waals surface area contributed by atoms with Gasteiger partial charge in [0.25, 0.3) is 5.91 Å². The first-order valence-electron chi connectivity index (χ1n) is 17.8. The first-order chi connectivity index (χ1) is 26.0. The third-order valence-corrected chi connectivity index (χ3v) is 14.5. The Morgan fingerprint density at radius 1 is 1.13 bits per heavy atom. The fourth-order valence-electron chi connectivity index (χ4n) is 6.79. The lowest BCUT2D eigenvalue weighted by atomic mass is 9.97. The monoisotopic (exact) mass is 823 g/mol. The summed E-state index contributed by atoms with van der Waals surface area (Å²) < 4.78 is 79.6. The van der Waals surface area contributed by atoms with E-state index in [0.29, 0.717) is 48.5 Å². The summed E-state index contributed by atoms with van der Waals surface area (Å²) in [6, 6.07) is 1.73. The molecule has 0 bridgehead atoms. The van der Waals surface area contributed by atoms with Gasteiger partial charge >= 0.3 is 12.2 Å². The molecular weight excluding hydrogens is 784 g/mol. The average Bonchev–Trinajstić information content (AvgIpc) is 3.87. The molecule has 14 nitrogen and oxygen atoms in total. The van der Waals surface area contributed by atoms with Crippen molar-refractivity contribution in [3.63, 3.8) is 0 Å². The summed E-state index contributed by atoms with van der Waals surface area (Å²) in [5, 5.41) is 5.41. The largest absolute Gasteiger partial charge is 0.495 e. The molecule has 3 aromatic heterocycles. The molecule has 4 amide bonds. The second kappa shape index (κ2) is 14.6. The highest BCUT2D eigenvalue weighted by molar-refractivity contribution is 7.91. The van der Waals surface area contributed by atoms with Crippen molar-refractivity contribution in [1.82, 2.24) is 34.8 Å². The van der Waals surface area contributed by atoms with Crippen LogP contribution in [0.2, 0.25) is 0 Å². The van der Waals surface area contributed by atoms with Crippen LogP contribution in [0, 0.1) is 5.92 Å². The third-order valence-electron chi connectivity index (χ3n) is 10.6. The first-order valence-corrected chi connectivity index (χ1v) is 21.1. The number of thiophene rings is 1. The predicted molar refractivity (Wildman–Crippen MR) is 197 cm³/mol. The highest BCUT2D eigenvalue weighted by Gasteiger charge is 2.63. The molecule has 3 aromatic rings.